The van der Waals surface area contributed by atoms with Gasteiger partial charge in [0.2, 0.25) is 5.91 Å². The molecule has 21 heavy (non-hydrogen) atoms. The minimum absolute atomic E-state index is 0.150. The molecule has 5 heteroatoms. The van der Waals surface area contributed by atoms with Gasteiger partial charge in [-0.2, -0.15) is 0 Å². The van der Waals surface area contributed by atoms with Crippen LogP contribution in [0.3, 0.4) is 0 Å². The van der Waals surface area contributed by atoms with E-state index >= 15 is 0 Å². The Kier molecular flexibility index (Phi) is 2.82. The van der Waals surface area contributed by atoms with Crippen molar-refractivity contribution in [3.05, 3.63) is 47.1 Å². The summed E-state index contributed by atoms with van der Waals surface area (Å²) in [4.78, 5) is 20.4. The predicted octanol–water partition coefficient (Wildman–Crippen LogP) is 2.97. The Balaban J connectivity index is 1.76. The summed E-state index contributed by atoms with van der Waals surface area (Å²) >= 11 is 1.69. The first-order valence-corrected chi connectivity index (χ1v) is 7.84. The van der Waals surface area contributed by atoms with Crippen molar-refractivity contribution in [3.63, 3.8) is 0 Å². The molecule has 0 saturated heterocycles. The number of hydrogen-bond donors (Lipinski definition) is 0. The SMILES string of the molecule is CC(=O)N1CCc2c(sc3nc(-c4ccccc4)cn23)C1. The molecule has 3 heterocycles. The van der Waals surface area contributed by atoms with Crippen molar-refractivity contribution < 1.29 is 4.79 Å². The van der Waals surface area contributed by atoms with E-state index in [2.05, 4.69) is 22.7 Å². The summed E-state index contributed by atoms with van der Waals surface area (Å²) in [6.07, 6.45) is 3.02. The highest BCUT2D eigenvalue weighted by Crippen LogP contribution is 2.31. The van der Waals surface area contributed by atoms with Gasteiger partial charge in [0.05, 0.1) is 12.2 Å². The van der Waals surface area contributed by atoms with Crippen LogP contribution in [-0.2, 0) is 17.8 Å². The molecule has 4 nitrogen and oxygen atoms in total. The van der Waals surface area contributed by atoms with E-state index in [1.165, 1.54) is 10.6 Å². The number of fused-ring (bicyclic) bond motifs is 3. The van der Waals surface area contributed by atoms with Gasteiger partial charge in [-0.3, -0.25) is 9.20 Å². The monoisotopic (exact) mass is 297 g/mol. The van der Waals surface area contributed by atoms with E-state index in [1.807, 2.05) is 23.1 Å². The van der Waals surface area contributed by atoms with E-state index in [1.54, 1.807) is 18.3 Å². The van der Waals surface area contributed by atoms with E-state index in [0.29, 0.717) is 0 Å². The maximum Gasteiger partial charge on any atom is 0.219 e. The highest BCUT2D eigenvalue weighted by Gasteiger charge is 2.23. The number of aromatic nitrogens is 2. The highest BCUT2D eigenvalue weighted by atomic mass is 32.1. The van der Waals surface area contributed by atoms with Crippen molar-refractivity contribution >= 4 is 22.2 Å². The summed E-state index contributed by atoms with van der Waals surface area (Å²) in [5.41, 5.74) is 3.46. The average molecular weight is 297 g/mol. The van der Waals surface area contributed by atoms with E-state index in [-0.39, 0.29) is 5.91 Å². The second-order valence-corrected chi connectivity index (χ2v) is 6.37. The lowest BCUT2D eigenvalue weighted by atomic mass is 10.1. The van der Waals surface area contributed by atoms with Crippen molar-refractivity contribution in [2.24, 2.45) is 0 Å². The lowest BCUT2D eigenvalue weighted by Gasteiger charge is -2.25. The van der Waals surface area contributed by atoms with Crippen LogP contribution in [0.2, 0.25) is 0 Å². The molecule has 0 N–H and O–H groups in total. The second kappa shape index (κ2) is 4.70. The minimum atomic E-state index is 0.150. The number of carbonyl (C=O) groups excluding carboxylic acids is 1. The Morgan fingerprint density at radius 1 is 1.29 bits per heavy atom. The molecule has 0 fully saturated rings. The van der Waals surface area contributed by atoms with Gasteiger partial charge in [0.1, 0.15) is 0 Å². The van der Waals surface area contributed by atoms with Gasteiger partial charge in [0.15, 0.2) is 4.96 Å². The molecule has 106 valence electrons. The van der Waals surface area contributed by atoms with Crippen molar-refractivity contribution in [2.75, 3.05) is 6.54 Å². The van der Waals surface area contributed by atoms with Crippen molar-refractivity contribution in [1.82, 2.24) is 14.3 Å². The number of carbonyl (C=O) groups is 1. The largest absolute Gasteiger partial charge is 0.337 e. The molecule has 1 amide bonds. The molecule has 0 saturated carbocycles. The van der Waals surface area contributed by atoms with Crippen molar-refractivity contribution in [1.29, 1.82) is 0 Å². The summed E-state index contributed by atoms with van der Waals surface area (Å²) in [7, 11) is 0. The number of imidazole rings is 1. The predicted molar refractivity (Wildman–Crippen MR) is 83.3 cm³/mol. The first-order valence-electron chi connectivity index (χ1n) is 7.03. The molecule has 0 radical (unpaired) electrons. The van der Waals surface area contributed by atoms with Crippen LogP contribution in [-0.4, -0.2) is 26.7 Å². The molecule has 3 aromatic rings. The fourth-order valence-corrected chi connectivity index (χ4v) is 3.99. The van der Waals surface area contributed by atoms with Crippen LogP contribution >= 0.6 is 11.3 Å². The van der Waals surface area contributed by atoms with Crippen LogP contribution in [0.1, 0.15) is 17.5 Å². The van der Waals surface area contributed by atoms with Crippen LogP contribution < -0.4 is 0 Å². The summed E-state index contributed by atoms with van der Waals surface area (Å²) in [6, 6.07) is 10.2. The quantitative estimate of drug-likeness (QED) is 0.692. The molecular weight excluding hydrogens is 282 g/mol. The molecule has 0 spiro atoms. The number of nitrogens with zero attached hydrogens (tertiary/aromatic N) is 3. The minimum Gasteiger partial charge on any atom is -0.337 e. The van der Waals surface area contributed by atoms with Gasteiger partial charge in [-0.25, -0.2) is 4.98 Å². The average Bonchev–Trinajstić information content (AvgIpc) is 3.04. The number of benzene rings is 1. The van der Waals surface area contributed by atoms with Gasteiger partial charge >= 0.3 is 0 Å². The normalized spacial score (nSPS) is 14.4. The third-order valence-electron chi connectivity index (χ3n) is 3.97. The second-order valence-electron chi connectivity index (χ2n) is 5.31. The van der Waals surface area contributed by atoms with E-state index in [0.717, 1.165) is 35.7 Å². The van der Waals surface area contributed by atoms with Crippen LogP contribution in [0.4, 0.5) is 0 Å². The third-order valence-corrected chi connectivity index (χ3v) is 5.05. The smallest absolute Gasteiger partial charge is 0.219 e. The molecule has 0 atom stereocenters. The maximum absolute atomic E-state index is 11.5. The van der Waals surface area contributed by atoms with Crippen LogP contribution in [0, 0.1) is 0 Å². The third kappa shape index (κ3) is 2.05. The van der Waals surface area contributed by atoms with Crippen molar-refractivity contribution in [3.8, 4) is 11.3 Å². The van der Waals surface area contributed by atoms with Gasteiger partial charge in [-0.15, -0.1) is 0 Å². The zero-order valence-corrected chi connectivity index (χ0v) is 12.6. The summed E-state index contributed by atoms with van der Waals surface area (Å²) < 4.78 is 2.19. The highest BCUT2D eigenvalue weighted by molar-refractivity contribution is 7.17. The van der Waals surface area contributed by atoms with E-state index < -0.39 is 0 Å². The van der Waals surface area contributed by atoms with Gasteiger partial charge < -0.3 is 4.90 Å². The lowest BCUT2D eigenvalue weighted by Crippen LogP contribution is -2.33. The first kappa shape index (κ1) is 12.6. The summed E-state index contributed by atoms with van der Waals surface area (Å²) in [5.74, 6) is 0.150. The zero-order valence-electron chi connectivity index (χ0n) is 11.7. The molecule has 1 aliphatic rings. The van der Waals surface area contributed by atoms with Crippen LogP contribution in [0.15, 0.2) is 36.5 Å². The van der Waals surface area contributed by atoms with E-state index in [4.69, 9.17) is 4.98 Å². The fraction of sp³-hybridized carbons (Fsp3) is 0.250. The van der Waals surface area contributed by atoms with Gasteiger partial charge in [-0.1, -0.05) is 41.7 Å². The van der Waals surface area contributed by atoms with Gasteiger partial charge in [0.25, 0.3) is 0 Å². The first-order chi connectivity index (χ1) is 10.2. The molecule has 2 aromatic heterocycles. The molecule has 0 unspecified atom stereocenters. The van der Waals surface area contributed by atoms with E-state index in [9.17, 15) is 4.79 Å². The lowest BCUT2D eigenvalue weighted by molar-refractivity contribution is -0.129. The van der Waals surface area contributed by atoms with Crippen LogP contribution in [0.25, 0.3) is 16.2 Å². The summed E-state index contributed by atoms with van der Waals surface area (Å²) in [5, 5.41) is 0. The van der Waals surface area contributed by atoms with Crippen LogP contribution in [0.5, 0.6) is 0 Å². The Hall–Kier alpha value is -2.14. The fourth-order valence-electron chi connectivity index (χ4n) is 2.83. The van der Waals surface area contributed by atoms with Gasteiger partial charge in [-0.05, 0) is 0 Å². The molecule has 1 aromatic carbocycles. The molecule has 0 bridgehead atoms. The number of rotatable bonds is 1. The van der Waals surface area contributed by atoms with Gasteiger partial charge in [0, 0.05) is 42.2 Å². The molecule has 1 aliphatic heterocycles. The number of hydrogen-bond acceptors (Lipinski definition) is 3. The molecule has 4 rings (SSSR count). The molecular formula is C16H15N3OS. The zero-order chi connectivity index (χ0) is 14.4. The number of thiazole rings is 1. The standard InChI is InChI=1S/C16H15N3OS/c1-11(20)18-8-7-14-15(10-18)21-16-17-13(9-19(14)16)12-5-3-2-4-6-12/h2-6,9H,7-8,10H2,1H3. The number of amides is 1. The molecule has 0 aliphatic carbocycles. The Bertz CT molecular complexity index is 819. The Labute approximate surface area is 126 Å². The maximum atomic E-state index is 11.5. The van der Waals surface area contributed by atoms with Crippen molar-refractivity contribution in [2.45, 2.75) is 19.9 Å². The topological polar surface area (TPSA) is 37.6 Å². The Morgan fingerprint density at radius 3 is 2.86 bits per heavy atom. The summed E-state index contributed by atoms with van der Waals surface area (Å²) in [6.45, 7) is 3.16. The Morgan fingerprint density at radius 2 is 2.10 bits per heavy atom.